The second-order valence-electron chi connectivity index (χ2n) is 3.11. The van der Waals surface area contributed by atoms with Gasteiger partial charge in [0, 0.05) is 6.54 Å². The van der Waals surface area contributed by atoms with Crippen LogP contribution in [0.1, 0.15) is 30.1 Å². The number of amides is 1. The Morgan fingerprint density at radius 3 is 3.07 bits per heavy atom. The summed E-state index contributed by atoms with van der Waals surface area (Å²) in [5.74, 6) is -0.138. The molecule has 1 unspecified atom stereocenters. The molecule has 1 rings (SSSR count). The molecule has 1 amide bonds. The normalized spacial score (nSPS) is 12.4. The average Bonchev–Trinajstić information content (AvgIpc) is 2.67. The number of carbonyl (C=O) groups excluding carboxylic acids is 1. The molecule has 0 aromatic carbocycles. The summed E-state index contributed by atoms with van der Waals surface area (Å²) in [6, 6.07) is 1.62. The van der Waals surface area contributed by atoms with Gasteiger partial charge in [-0.15, -0.1) is 11.6 Å². The Labute approximate surface area is 88.4 Å². The van der Waals surface area contributed by atoms with Crippen LogP contribution in [-0.4, -0.2) is 17.8 Å². The summed E-state index contributed by atoms with van der Waals surface area (Å²) < 4.78 is 4.80. The van der Waals surface area contributed by atoms with Gasteiger partial charge in [0.2, 0.25) is 0 Å². The van der Waals surface area contributed by atoms with E-state index in [1.807, 2.05) is 0 Å². The first-order chi connectivity index (χ1) is 6.74. The Hall–Kier alpha value is -0.960. The molecule has 14 heavy (non-hydrogen) atoms. The lowest BCUT2D eigenvalue weighted by molar-refractivity contribution is 0.0952. The molecule has 0 fully saturated rings. The summed E-state index contributed by atoms with van der Waals surface area (Å²) in [6.07, 6.45) is 4.82. The second kappa shape index (κ2) is 5.70. The second-order valence-corrected chi connectivity index (χ2v) is 3.73. The number of hydrogen-bond acceptors (Lipinski definition) is 2. The van der Waals surface area contributed by atoms with Gasteiger partial charge in [0.15, 0.2) is 0 Å². The Morgan fingerprint density at radius 1 is 1.71 bits per heavy atom. The van der Waals surface area contributed by atoms with E-state index in [9.17, 15) is 4.79 Å². The van der Waals surface area contributed by atoms with E-state index in [1.165, 1.54) is 12.5 Å². The van der Waals surface area contributed by atoms with Crippen molar-refractivity contribution in [1.29, 1.82) is 0 Å². The predicted molar refractivity (Wildman–Crippen MR) is 55.6 cm³/mol. The lowest BCUT2D eigenvalue weighted by atomic mass is 10.2. The summed E-state index contributed by atoms with van der Waals surface area (Å²) in [5, 5.41) is 2.75. The molecule has 0 saturated carbocycles. The molecule has 0 bridgehead atoms. The molecular formula is C10H14ClNO2. The van der Waals surface area contributed by atoms with E-state index in [0.717, 1.165) is 12.8 Å². The van der Waals surface area contributed by atoms with Crippen molar-refractivity contribution >= 4 is 17.5 Å². The molecule has 0 radical (unpaired) electrons. The standard InChI is InChI=1S/C10H14ClNO2/c1-2-3-9(11)6-12-10(13)8-4-5-14-7-8/h4-5,7,9H,2-3,6H2,1H3,(H,12,13). The fraction of sp³-hybridized carbons (Fsp3) is 0.500. The van der Waals surface area contributed by atoms with Gasteiger partial charge in [0.25, 0.3) is 5.91 Å². The summed E-state index contributed by atoms with van der Waals surface area (Å²) >= 11 is 5.95. The predicted octanol–water partition coefficient (Wildman–Crippen LogP) is 2.42. The first kappa shape index (κ1) is 11.1. The van der Waals surface area contributed by atoms with E-state index in [2.05, 4.69) is 12.2 Å². The number of nitrogens with one attached hydrogen (secondary N) is 1. The molecule has 4 heteroatoms. The zero-order valence-electron chi connectivity index (χ0n) is 8.13. The topological polar surface area (TPSA) is 42.2 Å². The minimum atomic E-state index is -0.138. The average molecular weight is 216 g/mol. The Bertz CT molecular complexity index is 272. The van der Waals surface area contributed by atoms with Crippen LogP contribution < -0.4 is 5.32 Å². The minimum Gasteiger partial charge on any atom is -0.472 e. The molecule has 1 atom stereocenters. The SMILES string of the molecule is CCCC(Cl)CNC(=O)c1ccoc1. The van der Waals surface area contributed by atoms with Crippen molar-refractivity contribution in [2.45, 2.75) is 25.1 Å². The van der Waals surface area contributed by atoms with Gasteiger partial charge in [-0.05, 0) is 12.5 Å². The molecule has 78 valence electrons. The summed E-state index contributed by atoms with van der Waals surface area (Å²) in [6.45, 7) is 2.56. The Balaban J connectivity index is 2.28. The van der Waals surface area contributed by atoms with Gasteiger partial charge in [-0.2, -0.15) is 0 Å². The largest absolute Gasteiger partial charge is 0.472 e. The molecule has 0 aliphatic carbocycles. The Kier molecular flexibility index (Phi) is 4.53. The summed E-state index contributed by atoms with van der Waals surface area (Å²) in [4.78, 5) is 11.4. The van der Waals surface area contributed by atoms with E-state index >= 15 is 0 Å². The van der Waals surface area contributed by atoms with Crippen molar-refractivity contribution in [1.82, 2.24) is 5.32 Å². The van der Waals surface area contributed by atoms with Crippen molar-refractivity contribution in [2.75, 3.05) is 6.54 Å². The molecule has 0 aliphatic heterocycles. The molecule has 1 heterocycles. The van der Waals surface area contributed by atoms with Crippen LogP contribution >= 0.6 is 11.6 Å². The van der Waals surface area contributed by atoms with Gasteiger partial charge < -0.3 is 9.73 Å². The highest BCUT2D eigenvalue weighted by atomic mass is 35.5. The highest BCUT2D eigenvalue weighted by Gasteiger charge is 2.08. The lowest BCUT2D eigenvalue weighted by Crippen LogP contribution is -2.29. The maximum absolute atomic E-state index is 11.4. The number of hydrogen-bond donors (Lipinski definition) is 1. The molecule has 1 aromatic heterocycles. The summed E-state index contributed by atoms with van der Waals surface area (Å²) in [5.41, 5.74) is 0.533. The third-order valence-electron chi connectivity index (χ3n) is 1.87. The zero-order chi connectivity index (χ0) is 10.4. The van der Waals surface area contributed by atoms with Crippen LogP contribution in [0.25, 0.3) is 0 Å². The van der Waals surface area contributed by atoms with Gasteiger partial charge in [-0.25, -0.2) is 0 Å². The van der Waals surface area contributed by atoms with Crippen LogP contribution in [0.3, 0.4) is 0 Å². The van der Waals surface area contributed by atoms with Crippen LogP contribution in [0.2, 0.25) is 0 Å². The first-order valence-corrected chi connectivity index (χ1v) is 5.12. The van der Waals surface area contributed by atoms with Crippen LogP contribution in [0.5, 0.6) is 0 Å². The Morgan fingerprint density at radius 2 is 2.50 bits per heavy atom. The molecule has 0 saturated heterocycles. The molecule has 0 aliphatic rings. The molecule has 3 nitrogen and oxygen atoms in total. The maximum Gasteiger partial charge on any atom is 0.254 e. The number of rotatable bonds is 5. The van der Waals surface area contributed by atoms with Crippen molar-refractivity contribution < 1.29 is 9.21 Å². The number of alkyl halides is 1. The lowest BCUT2D eigenvalue weighted by Gasteiger charge is -2.08. The third kappa shape index (κ3) is 3.42. The fourth-order valence-electron chi connectivity index (χ4n) is 1.11. The van der Waals surface area contributed by atoms with Crippen LogP contribution in [0.4, 0.5) is 0 Å². The monoisotopic (exact) mass is 215 g/mol. The number of halogens is 1. The highest BCUT2D eigenvalue weighted by Crippen LogP contribution is 2.04. The quantitative estimate of drug-likeness (QED) is 0.767. The van der Waals surface area contributed by atoms with Gasteiger partial charge in [0.05, 0.1) is 17.2 Å². The third-order valence-corrected chi connectivity index (χ3v) is 2.24. The van der Waals surface area contributed by atoms with Crippen LogP contribution in [0, 0.1) is 0 Å². The van der Waals surface area contributed by atoms with Crippen molar-refractivity contribution in [3.63, 3.8) is 0 Å². The first-order valence-electron chi connectivity index (χ1n) is 4.68. The van der Waals surface area contributed by atoms with Gasteiger partial charge in [0.1, 0.15) is 6.26 Å². The van der Waals surface area contributed by atoms with Gasteiger partial charge in [-0.3, -0.25) is 4.79 Å². The van der Waals surface area contributed by atoms with Crippen LogP contribution in [0.15, 0.2) is 23.0 Å². The van der Waals surface area contributed by atoms with Gasteiger partial charge >= 0.3 is 0 Å². The smallest absolute Gasteiger partial charge is 0.254 e. The molecule has 0 spiro atoms. The van der Waals surface area contributed by atoms with E-state index in [-0.39, 0.29) is 11.3 Å². The van der Waals surface area contributed by atoms with Crippen LogP contribution in [-0.2, 0) is 0 Å². The number of carbonyl (C=O) groups is 1. The minimum absolute atomic E-state index is 0.0100. The maximum atomic E-state index is 11.4. The molecule has 1 aromatic rings. The van der Waals surface area contributed by atoms with E-state index in [4.69, 9.17) is 16.0 Å². The van der Waals surface area contributed by atoms with E-state index in [1.54, 1.807) is 6.07 Å². The highest BCUT2D eigenvalue weighted by molar-refractivity contribution is 6.20. The summed E-state index contributed by atoms with van der Waals surface area (Å²) in [7, 11) is 0. The van der Waals surface area contributed by atoms with Crippen molar-refractivity contribution in [3.05, 3.63) is 24.2 Å². The number of furan rings is 1. The van der Waals surface area contributed by atoms with E-state index in [0.29, 0.717) is 12.1 Å². The van der Waals surface area contributed by atoms with E-state index < -0.39 is 0 Å². The van der Waals surface area contributed by atoms with Crippen molar-refractivity contribution in [2.24, 2.45) is 0 Å². The zero-order valence-corrected chi connectivity index (χ0v) is 8.88. The molecule has 1 N–H and O–H groups in total. The molecular weight excluding hydrogens is 202 g/mol. The van der Waals surface area contributed by atoms with Gasteiger partial charge in [-0.1, -0.05) is 13.3 Å². The van der Waals surface area contributed by atoms with Crippen molar-refractivity contribution in [3.8, 4) is 0 Å². The fourth-order valence-corrected chi connectivity index (χ4v) is 1.41.